The zero-order valence-electron chi connectivity index (χ0n) is 5.89. The minimum atomic E-state index is 0.597. The lowest BCUT2D eigenvalue weighted by atomic mass is 10.1. The van der Waals surface area contributed by atoms with Crippen LogP contribution >= 0.6 is 11.6 Å². The van der Waals surface area contributed by atoms with Crippen LogP contribution in [0.1, 0.15) is 11.1 Å². The van der Waals surface area contributed by atoms with Crippen LogP contribution in [0.5, 0.6) is 0 Å². The molecule has 0 aliphatic heterocycles. The van der Waals surface area contributed by atoms with E-state index in [1.807, 2.05) is 31.2 Å². The molecule has 0 N–H and O–H groups in total. The highest BCUT2D eigenvalue weighted by Gasteiger charge is 1.91. The van der Waals surface area contributed by atoms with Crippen LogP contribution in [0.15, 0.2) is 30.8 Å². The quantitative estimate of drug-likeness (QED) is 0.580. The van der Waals surface area contributed by atoms with Crippen LogP contribution in [0, 0.1) is 6.92 Å². The number of halogens is 1. The smallest absolute Gasteiger partial charge is 0.0406 e. The van der Waals surface area contributed by atoms with Gasteiger partial charge in [-0.15, -0.1) is 0 Å². The van der Waals surface area contributed by atoms with Crippen LogP contribution in [0.3, 0.4) is 0 Å². The first kappa shape index (κ1) is 7.36. The molecule has 0 atom stereocenters. The number of hydrogen-bond donors (Lipinski definition) is 0. The predicted molar refractivity (Wildman–Crippen MR) is 46.1 cm³/mol. The molecule has 0 amide bonds. The standard InChI is InChI=1S/C9H9Cl/c1-7-3-5-9(6-4-7)8(2)10/h3-6H,2H2,1H3. The largest absolute Gasteiger partial charge is 0.0843 e. The second-order valence-corrected chi connectivity index (χ2v) is 2.73. The minimum absolute atomic E-state index is 0.597. The Hall–Kier alpha value is -0.750. The average molecular weight is 153 g/mol. The molecule has 1 aromatic rings. The molecule has 0 fully saturated rings. The van der Waals surface area contributed by atoms with Crippen molar-refractivity contribution in [2.75, 3.05) is 0 Å². The third-order valence-corrected chi connectivity index (χ3v) is 1.58. The number of benzene rings is 1. The maximum atomic E-state index is 5.66. The Labute approximate surface area is 66.1 Å². The molecule has 0 aliphatic rings. The molecule has 52 valence electrons. The Morgan fingerprint density at radius 2 is 1.80 bits per heavy atom. The van der Waals surface area contributed by atoms with Crippen LogP contribution in [-0.2, 0) is 0 Å². The first-order chi connectivity index (χ1) is 4.70. The van der Waals surface area contributed by atoms with E-state index in [-0.39, 0.29) is 0 Å². The van der Waals surface area contributed by atoms with Gasteiger partial charge in [-0.25, -0.2) is 0 Å². The Balaban J connectivity index is 3.00. The van der Waals surface area contributed by atoms with Gasteiger partial charge in [-0.3, -0.25) is 0 Å². The van der Waals surface area contributed by atoms with Crippen LogP contribution in [0.4, 0.5) is 0 Å². The fraction of sp³-hybridized carbons (Fsp3) is 0.111. The van der Waals surface area contributed by atoms with Gasteiger partial charge < -0.3 is 0 Å². The number of aryl methyl sites for hydroxylation is 1. The van der Waals surface area contributed by atoms with Crippen molar-refractivity contribution in [3.63, 3.8) is 0 Å². The van der Waals surface area contributed by atoms with Gasteiger partial charge in [0, 0.05) is 5.03 Å². The summed E-state index contributed by atoms with van der Waals surface area (Å²) in [7, 11) is 0. The monoisotopic (exact) mass is 152 g/mol. The van der Waals surface area contributed by atoms with Gasteiger partial charge in [0.25, 0.3) is 0 Å². The van der Waals surface area contributed by atoms with Gasteiger partial charge in [0.15, 0.2) is 0 Å². The molecule has 0 nitrogen and oxygen atoms in total. The van der Waals surface area contributed by atoms with E-state index in [1.165, 1.54) is 5.56 Å². The molecule has 0 saturated carbocycles. The summed E-state index contributed by atoms with van der Waals surface area (Å²) in [6.45, 7) is 5.66. The van der Waals surface area contributed by atoms with Gasteiger partial charge in [0.05, 0.1) is 0 Å². The van der Waals surface area contributed by atoms with E-state index in [9.17, 15) is 0 Å². The van der Waals surface area contributed by atoms with E-state index in [4.69, 9.17) is 11.6 Å². The fourth-order valence-corrected chi connectivity index (χ4v) is 0.860. The molecule has 10 heavy (non-hydrogen) atoms. The number of hydrogen-bond acceptors (Lipinski definition) is 0. The van der Waals surface area contributed by atoms with Crippen LogP contribution in [0.2, 0.25) is 0 Å². The zero-order chi connectivity index (χ0) is 7.56. The lowest BCUT2D eigenvalue weighted by Crippen LogP contribution is -1.75. The molecule has 1 rings (SSSR count). The predicted octanol–water partition coefficient (Wildman–Crippen LogP) is 3.20. The molecule has 0 bridgehead atoms. The molecule has 0 radical (unpaired) electrons. The van der Waals surface area contributed by atoms with Crippen molar-refractivity contribution < 1.29 is 0 Å². The normalized spacial score (nSPS) is 9.40. The minimum Gasteiger partial charge on any atom is -0.0843 e. The molecule has 1 aromatic carbocycles. The molecule has 0 aliphatic carbocycles. The topological polar surface area (TPSA) is 0 Å². The second kappa shape index (κ2) is 2.89. The maximum Gasteiger partial charge on any atom is 0.0406 e. The van der Waals surface area contributed by atoms with Crippen molar-refractivity contribution >= 4 is 16.6 Å². The van der Waals surface area contributed by atoms with Crippen molar-refractivity contribution in [3.8, 4) is 0 Å². The third kappa shape index (κ3) is 1.61. The van der Waals surface area contributed by atoms with Gasteiger partial charge >= 0.3 is 0 Å². The molecular weight excluding hydrogens is 144 g/mol. The molecule has 0 heterocycles. The number of rotatable bonds is 1. The summed E-state index contributed by atoms with van der Waals surface area (Å²) in [5.74, 6) is 0. The van der Waals surface area contributed by atoms with E-state index >= 15 is 0 Å². The highest BCUT2D eigenvalue weighted by Crippen LogP contribution is 2.15. The van der Waals surface area contributed by atoms with E-state index in [0.717, 1.165) is 5.56 Å². The van der Waals surface area contributed by atoms with Gasteiger partial charge in [0.1, 0.15) is 0 Å². The Bertz CT molecular complexity index is 233. The van der Waals surface area contributed by atoms with Crippen molar-refractivity contribution in [2.45, 2.75) is 6.92 Å². The summed E-state index contributed by atoms with van der Waals surface area (Å²) in [5.41, 5.74) is 2.23. The van der Waals surface area contributed by atoms with Crippen LogP contribution in [0.25, 0.3) is 5.03 Å². The molecule has 0 unspecified atom stereocenters. The summed E-state index contributed by atoms with van der Waals surface area (Å²) in [6, 6.07) is 7.96. The maximum absolute atomic E-state index is 5.66. The molecular formula is C9H9Cl. The highest BCUT2D eigenvalue weighted by atomic mass is 35.5. The van der Waals surface area contributed by atoms with E-state index < -0.39 is 0 Å². The van der Waals surface area contributed by atoms with Crippen LogP contribution in [-0.4, -0.2) is 0 Å². The first-order valence-electron chi connectivity index (χ1n) is 3.11. The van der Waals surface area contributed by atoms with Gasteiger partial charge in [-0.05, 0) is 12.5 Å². The van der Waals surface area contributed by atoms with Gasteiger partial charge in [-0.2, -0.15) is 0 Å². The molecule has 0 saturated heterocycles. The van der Waals surface area contributed by atoms with Crippen LogP contribution < -0.4 is 0 Å². The third-order valence-electron chi connectivity index (χ3n) is 1.36. The Kier molecular flexibility index (Phi) is 2.13. The Morgan fingerprint density at radius 1 is 1.30 bits per heavy atom. The van der Waals surface area contributed by atoms with Crippen molar-refractivity contribution in [3.05, 3.63) is 42.0 Å². The summed E-state index contributed by atoms with van der Waals surface area (Å²) in [4.78, 5) is 0. The zero-order valence-corrected chi connectivity index (χ0v) is 6.65. The summed E-state index contributed by atoms with van der Waals surface area (Å²) < 4.78 is 0. The molecule has 0 aromatic heterocycles. The SMILES string of the molecule is C=C(Cl)c1ccc(C)cc1. The second-order valence-electron chi connectivity index (χ2n) is 2.27. The van der Waals surface area contributed by atoms with Crippen molar-refractivity contribution in [1.29, 1.82) is 0 Å². The lowest BCUT2D eigenvalue weighted by Gasteiger charge is -1.96. The summed E-state index contributed by atoms with van der Waals surface area (Å²) >= 11 is 5.66. The average Bonchev–Trinajstić information content (AvgIpc) is 1.88. The fourth-order valence-electron chi connectivity index (χ4n) is 0.734. The van der Waals surface area contributed by atoms with Gasteiger partial charge in [0.2, 0.25) is 0 Å². The summed E-state index contributed by atoms with van der Waals surface area (Å²) in [5, 5.41) is 0.597. The van der Waals surface area contributed by atoms with E-state index in [2.05, 4.69) is 6.58 Å². The Morgan fingerprint density at radius 3 is 2.20 bits per heavy atom. The summed E-state index contributed by atoms with van der Waals surface area (Å²) in [6.07, 6.45) is 0. The van der Waals surface area contributed by atoms with Crippen molar-refractivity contribution in [2.24, 2.45) is 0 Å². The highest BCUT2D eigenvalue weighted by molar-refractivity contribution is 6.48. The van der Waals surface area contributed by atoms with Crippen molar-refractivity contribution in [1.82, 2.24) is 0 Å². The molecule has 0 spiro atoms. The lowest BCUT2D eigenvalue weighted by molar-refractivity contribution is 1.46. The van der Waals surface area contributed by atoms with E-state index in [1.54, 1.807) is 0 Å². The van der Waals surface area contributed by atoms with E-state index in [0.29, 0.717) is 5.03 Å². The van der Waals surface area contributed by atoms with Gasteiger partial charge in [-0.1, -0.05) is 48.0 Å². The first-order valence-corrected chi connectivity index (χ1v) is 3.49. The molecule has 1 heteroatoms.